The van der Waals surface area contributed by atoms with Gasteiger partial charge in [-0.15, -0.1) is 0 Å². The predicted octanol–water partition coefficient (Wildman–Crippen LogP) is 4.47. The number of benzene rings is 2. The third-order valence-corrected chi connectivity index (χ3v) is 7.86. The SMILES string of the molecule is CC1=Cc2cc(Oc3ccnc(Nc4cccc(OCCCN5CCS(=O)(=O)CC5)c4)n3)ccc2C1. The van der Waals surface area contributed by atoms with E-state index in [1.165, 1.54) is 16.7 Å². The Balaban J connectivity index is 1.13. The Bertz CT molecular complexity index is 1360. The molecule has 0 saturated carbocycles. The van der Waals surface area contributed by atoms with E-state index in [1.807, 2.05) is 36.4 Å². The Labute approximate surface area is 211 Å². The highest BCUT2D eigenvalue weighted by Crippen LogP contribution is 2.30. The molecule has 1 aliphatic heterocycles. The van der Waals surface area contributed by atoms with Crippen LogP contribution in [0.15, 0.2) is 60.3 Å². The van der Waals surface area contributed by atoms with E-state index >= 15 is 0 Å². The summed E-state index contributed by atoms with van der Waals surface area (Å²) >= 11 is 0. The molecule has 0 radical (unpaired) electrons. The van der Waals surface area contributed by atoms with Crippen molar-refractivity contribution in [2.45, 2.75) is 19.8 Å². The van der Waals surface area contributed by atoms with Gasteiger partial charge in [-0.1, -0.05) is 23.8 Å². The van der Waals surface area contributed by atoms with Gasteiger partial charge in [0.1, 0.15) is 11.5 Å². The lowest BCUT2D eigenvalue weighted by atomic mass is 10.1. The van der Waals surface area contributed by atoms with Crippen molar-refractivity contribution in [3.8, 4) is 17.4 Å². The highest BCUT2D eigenvalue weighted by Gasteiger charge is 2.20. The van der Waals surface area contributed by atoms with E-state index in [2.05, 4.69) is 39.3 Å². The van der Waals surface area contributed by atoms with E-state index in [0.29, 0.717) is 31.5 Å². The van der Waals surface area contributed by atoms with Crippen LogP contribution in [0.25, 0.3) is 6.08 Å². The monoisotopic (exact) mass is 506 g/mol. The van der Waals surface area contributed by atoms with E-state index < -0.39 is 9.84 Å². The standard InChI is InChI=1S/C27H30N4O4S/c1-20-16-21-6-7-25(18-22(21)17-20)35-26-8-9-28-27(30-26)29-23-4-2-5-24(19-23)34-13-3-10-31-11-14-36(32,33)15-12-31/h2,4-9,17-19H,3,10-16H2,1H3,(H,28,29,30). The molecule has 0 unspecified atom stereocenters. The van der Waals surface area contributed by atoms with Gasteiger partial charge < -0.3 is 19.7 Å². The van der Waals surface area contributed by atoms with Crippen LogP contribution in [0.5, 0.6) is 17.4 Å². The normalized spacial score (nSPS) is 16.8. The van der Waals surface area contributed by atoms with Crippen molar-refractivity contribution in [1.29, 1.82) is 0 Å². The molecule has 0 spiro atoms. The lowest BCUT2D eigenvalue weighted by Gasteiger charge is -2.26. The van der Waals surface area contributed by atoms with Crippen molar-refractivity contribution >= 4 is 27.5 Å². The Kier molecular flexibility index (Phi) is 7.20. The van der Waals surface area contributed by atoms with Crippen molar-refractivity contribution in [2.75, 3.05) is 43.1 Å². The number of allylic oxidation sites excluding steroid dienone is 1. The number of ether oxygens (including phenoxy) is 2. The number of rotatable bonds is 9. The van der Waals surface area contributed by atoms with Gasteiger partial charge in [-0.2, -0.15) is 4.98 Å². The van der Waals surface area contributed by atoms with Gasteiger partial charge in [0.25, 0.3) is 0 Å². The average molecular weight is 507 g/mol. The first-order chi connectivity index (χ1) is 17.4. The van der Waals surface area contributed by atoms with Gasteiger partial charge in [-0.3, -0.25) is 0 Å². The van der Waals surface area contributed by atoms with Gasteiger partial charge in [0.15, 0.2) is 9.84 Å². The quantitative estimate of drug-likeness (QED) is 0.425. The van der Waals surface area contributed by atoms with E-state index in [1.54, 1.807) is 12.3 Å². The minimum absolute atomic E-state index is 0.250. The molecule has 3 aromatic rings. The number of fused-ring (bicyclic) bond motifs is 1. The fraction of sp³-hybridized carbons (Fsp3) is 0.333. The van der Waals surface area contributed by atoms with Crippen LogP contribution in [0.4, 0.5) is 11.6 Å². The number of hydrogen-bond donors (Lipinski definition) is 1. The van der Waals surface area contributed by atoms with Crippen LogP contribution in [-0.2, 0) is 16.3 Å². The fourth-order valence-corrected chi connectivity index (χ4v) is 5.65. The zero-order valence-electron chi connectivity index (χ0n) is 20.3. The maximum absolute atomic E-state index is 11.5. The fourth-order valence-electron chi connectivity index (χ4n) is 4.37. The first kappa shape index (κ1) is 24.3. The van der Waals surface area contributed by atoms with Crippen molar-refractivity contribution in [1.82, 2.24) is 14.9 Å². The van der Waals surface area contributed by atoms with Gasteiger partial charge in [-0.25, -0.2) is 13.4 Å². The van der Waals surface area contributed by atoms with Crippen molar-refractivity contribution in [3.05, 3.63) is 71.4 Å². The van der Waals surface area contributed by atoms with Crippen LogP contribution in [0.2, 0.25) is 0 Å². The van der Waals surface area contributed by atoms with E-state index in [0.717, 1.165) is 36.6 Å². The van der Waals surface area contributed by atoms with Crippen LogP contribution < -0.4 is 14.8 Å². The van der Waals surface area contributed by atoms with Crippen LogP contribution in [0.3, 0.4) is 0 Å². The number of anilines is 2. The average Bonchev–Trinajstić information content (AvgIpc) is 3.22. The summed E-state index contributed by atoms with van der Waals surface area (Å²) in [6.45, 7) is 4.73. The van der Waals surface area contributed by atoms with Gasteiger partial charge in [-0.05, 0) is 55.2 Å². The molecular weight excluding hydrogens is 476 g/mol. The molecule has 2 heterocycles. The highest BCUT2D eigenvalue weighted by molar-refractivity contribution is 7.91. The van der Waals surface area contributed by atoms with Gasteiger partial charge >= 0.3 is 0 Å². The minimum atomic E-state index is -2.84. The summed E-state index contributed by atoms with van der Waals surface area (Å²) in [5, 5.41) is 3.21. The summed E-state index contributed by atoms with van der Waals surface area (Å²) in [7, 11) is -2.84. The van der Waals surface area contributed by atoms with Crippen LogP contribution in [0.1, 0.15) is 24.5 Å². The Morgan fingerprint density at radius 2 is 1.92 bits per heavy atom. The second kappa shape index (κ2) is 10.7. The summed E-state index contributed by atoms with van der Waals surface area (Å²) in [6, 6.07) is 15.5. The number of nitrogens with zero attached hydrogens (tertiary/aromatic N) is 3. The minimum Gasteiger partial charge on any atom is -0.493 e. The number of hydrogen-bond acceptors (Lipinski definition) is 8. The lowest BCUT2D eigenvalue weighted by Crippen LogP contribution is -2.40. The molecule has 0 amide bonds. The summed E-state index contributed by atoms with van der Waals surface area (Å²) < 4.78 is 35.0. The predicted molar refractivity (Wildman–Crippen MR) is 141 cm³/mol. The molecule has 2 aromatic carbocycles. The van der Waals surface area contributed by atoms with Crippen LogP contribution >= 0.6 is 0 Å². The first-order valence-electron chi connectivity index (χ1n) is 12.2. The molecule has 1 saturated heterocycles. The van der Waals surface area contributed by atoms with Crippen LogP contribution in [-0.4, -0.2) is 61.0 Å². The van der Waals surface area contributed by atoms with Crippen molar-refractivity contribution < 1.29 is 17.9 Å². The lowest BCUT2D eigenvalue weighted by molar-refractivity contribution is 0.246. The van der Waals surface area contributed by atoms with E-state index in [4.69, 9.17) is 9.47 Å². The molecule has 2 aliphatic rings. The molecule has 0 bridgehead atoms. The third-order valence-electron chi connectivity index (χ3n) is 6.26. The molecule has 1 fully saturated rings. The zero-order valence-corrected chi connectivity index (χ0v) is 21.1. The molecule has 5 rings (SSSR count). The molecule has 188 valence electrons. The molecule has 9 heteroatoms. The maximum Gasteiger partial charge on any atom is 0.230 e. The largest absolute Gasteiger partial charge is 0.493 e. The molecule has 8 nitrogen and oxygen atoms in total. The van der Waals surface area contributed by atoms with Gasteiger partial charge in [0, 0.05) is 43.7 Å². The van der Waals surface area contributed by atoms with Gasteiger partial charge in [0.2, 0.25) is 11.8 Å². The smallest absolute Gasteiger partial charge is 0.230 e. The topological polar surface area (TPSA) is 93.6 Å². The molecule has 36 heavy (non-hydrogen) atoms. The third kappa shape index (κ3) is 6.41. The summed E-state index contributed by atoms with van der Waals surface area (Å²) in [4.78, 5) is 11.0. The number of nitrogens with one attached hydrogen (secondary N) is 1. The van der Waals surface area contributed by atoms with E-state index in [-0.39, 0.29) is 11.5 Å². The molecule has 1 N–H and O–H groups in total. The maximum atomic E-state index is 11.5. The Morgan fingerprint density at radius 3 is 2.78 bits per heavy atom. The van der Waals surface area contributed by atoms with Crippen molar-refractivity contribution in [2.24, 2.45) is 0 Å². The Hall–Kier alpha value is -3.43. The summed E-state index contributed by atoms with van der Waals surface area (Å²) in [6.07, 6.45) is 5.67. The second-order valence-electron chi connectivity index (χ2n) is 9.20. The number of aromatic nitrogens is 2. The van der Waals surface area contributed by atoms with Crippen LogP contribution in [0, 0.1) is 0 Å². The molecule has 1 aromatic heterocycles. The summed E-state index contributed by atoms with van der Waals surface area (Å²) in [5.74, 6) is 2.88. The molecular formula is C27H30N4O4S. The highest BCUT2D eigenvalue weighted by atomic mass is 32.2. The first-order valence-corrected chi connectivity index (χ1v) is 14.0. The Morgan fingerprint density at radius 1 is 1.06 bits per heavy atom. The molecule has 0 atom stereocenters. The second-order valence-corrected chi connectivity index (χ2v) is 11.5. The van der Waals surface area contributed by atoms with Crippen molar-refractivity contribution in [3.63, 3.8) is 0 Å². The summed E-state index contributed by atoms with van der Waals surface area (Å²) in [5.41, 5.74) is 4.66. The van der Waals surface area contributed by atoms with E-state index in [9.17, 15) is 8.42 Å². The molecule has 1 aliphatic carbocycles. The van der Waals surface area contributed by atoms with Gasteiger partial charge in [0.05, 0.1) is 18.1 Å². The number of sulfone groups is 1. The zero-order chi connectivity index (χ0) is 25.0.